The van der Waals surface area contributed by atoms with Gasteiger partial charge in [-0.05, 0) is 18.1 Å². The van der Waals surface area contributed by atoms with Crippen molar-refractivity contribution in [3.05, 3.63) is 17.5 Å². The topological polar surface area (TPSA) is 35.3 Å². The summed E-state index contributed by atoms with van der Waals surface area (Å²) >= 11 is 0. The Kier molecular flexibility index (Phi) is 4.66. The number of hydrogen-bond acceptors (Lipinski definition) is 3. The molecule has 0 aliphatic heterocycles. The van der Waals surface area contributed by atoms with Crippen molar-refractivity contribution in [1.82, 2.24) is 5.16 Å². The summed E-state index contributed by atoms with van der Waals surface area (Å²) in [4.78, 5) is 0. The van der Waals surface area contributed by atoms with E-state index in [0.29, 0.717) is 18.8 Å². The molecule has 3 nitrogen and oxygen atoms in total. The van der Waals surface area contributed by atoms with Crippen LogP contribution in [0.25, 0.3) is 0 Å². The molecule has 1 aromatic rings. The fraction of sp³-hybridized carbons (Fsp3) is 0.750. The first-order chi connectivity index (χ1) is 8.13. The van der Waals surface area contributed by atoms with E-state index in [2.05, 4.69) is 39.0 Å². The van der Waals surface area contributed by atoms with Crippen molar-refractivity contribution in [1.29, 1.82) is 0 Å². The summed E-state index contributed by atoms with van der Waals surface area (Å²) in [5.41, 5.74) is -0.308. The van der Waals surface area contributed by atoms with Crippen molar-refractivity contribution >= 4 is 8.32 Å². The molecule has 0 unspecified atom stereocenters. The summed E-state index contributed by atoms with van der Waals surface area (Å²) in [5, 5.41) is 3.45. The van der Waals surface area contributed by atoms with Crippen molar-refractivity contribution in [2.24, 2.45) is 0 Å². The van der Waals surface area contributed by atoms with Gasteiger partial charge in [-0.1, -0.05) is 25.9 Å². The Labute approximate surface area is 108 Å². The minimum atomic E-state index is -2.58. The zero-order chi connectivity index (χ0) is 14.0. The lowest BCUT2D eigenvalue weighted by Gasteiger charge is -2.36. The van der Waals surface area contributed by atoms with Gasteiger partial charge in [-0.15, -0.1) is 0 Å². The predicted molar refractivity (Wildman–Crippen MR) is 68.3 cm³/mol. The maximum atomic E-state index is 12.3. The fourth-order valence-corrected chi connectivity index (χ4v) is 2.22. The van der Waals surface area contributed by atoms with Crippen molar-refractivity contribution in [3.63, 3.8) is 0 Å². The lowest BCUT2D eigenvalue weighted by Crippen LogP contribution is -2.41. The summed E-state index contributed by atoms with van der Waals surface area (Å²) in [7, 11) is -1.78. The van der Waals surface area contributed by atoms with Crippen LogP contribution in [0.1, 0.15) is 38.7 Å². The lowest BCUT2D eigenvalue weighted by atomic mass is 10.2. The number of hydrogen-bond donors (Lipinski definition) is 0. The summed E-state index contributed by atoms with van der Waals surface area (Å²) in [6.45, 7) is 11.2. The second-order valence-corrected chi connectivity index (χ2v) is 10.7. The van der Waals surface area contributed by atoms with E-state index in [1.807, 2.05) is 0 Å². The molecule has 6 heteroatoms. The molecular formula is C12H21F2NO2Si. The average molecular weight is 277 g/mol. The van der Waals surface area contributed by atoms with Gasteiger partial charge in [-0.3, -0.25) is 0 Å². The van der Waals surface area contributed by atoms with Crippen molar-refractivity contribution in [3.8, 4) is 0 Å². The van der Waals surface area contributed by atoms with Crippen LogP contribution in [0.4, 0.5) is 8.78 Å². The minimum absolute atomic E-state index is 0.141. The average Bonchev–Trinajstić information content (AvgIpc) is 2.64. The maximum Gasteiger partial charge on any atom is 0.283 e. The van der Waals surface area contributed by atoms with Crippen LogP contribution < -0.4 is 0 Å². The molecule has 0 radical (unpaired) electrons. The highest BCUT2D eigenvalue weighted by atomic mass is 28.4. The van der Waals surface area contributed by atoms with Gasteiger partial charge in [0, 0.05) is 19.1 Å². The Morgan fingerprint density at radius 3 is 2.44 bits per heavy atom. The van der Waals surface area contributed by atoms with Crippen LogP contribution in [-0.4, -0.2) is 20.1 Å². The van der Waals surface area contributed by atoms with E-state index in [4.69, 9.17) is 8.95 Å². The smallest absolute Gasteiger partial charge is 0.283 e. The first-order valence-electron chi connectivity index (χ1n) is 6.01. The molecule has 0 amide bonds. The number of nitrogens with zero attached hydrogens (tertiary/aromatic N) is 1. The van der Waals surface area contributed by atoms with Crippen LogP contribution in [0.2, 0.25) is 18.1 Å². The maximum absolute atomic E-state index is 12.3. The van der Waals surface area contributed by atoms with Gasteiger partial charge in [0.2, 0.25) is 0 Å². The van der Waals surface area contributed by atoms with Crippen molar-refractivity contribution in [2.75, 3.05) is 6.61 Å². The van der Waals surface area contributed by atoms with E-state index in [9.17, 15) is 8.78 Å². The quantitative estimate of drug-likeness (QED) is 0.757. The molecule has 0 aromatic carbocycles. The van der Waals surface area contributed by atoms with Crippen LogP contribution in [-0.2, 0) is 10.8 Å². The monoisotopic (exact) mass is 277 g/mol. The Hall–Kier alpha value is -0.753. The third kappa shape index (κ3) is 3.88. The van der Waals surface area contributed by atoms with Crippen LogP contribution in [0.5, 0.6) is 0 Å². The van der Waals surface area contributed by atoms with Crippen LogP contribution >= 0.6 is 0 Å². The van der Waals surface area contributed by atoms with E-state index in [1.165, 1.54) is 6.07 Å². The Bertz CT molecular complexity index is 386. The highest BCUT2D eigenvalue weighted by Gasteiger charge is 2.36. The molecule has 0 N–H and O–H groups in total. The number of rotatable bonds is 5. The van der Waals surface area contributed by atoms with E-state index in [1.54, 1.807) is 0 Å². The van der Waals surface area contributed by atoms with Crippen molar-refractivity contribution in [2.45, 2.75) is 51.7 Å². The Balaban J connectivity index is 2.46. The van der Waals surface area contributed by atoms with Gasteiger partial charge in [0.15, 0.2) is 8.32 Å². The minimum Gasteiger partial charge on any atom is -0.416 e. The standard InChI is InChI=1S/C12H21F2NO2Si/c1-12(2,3)18(4,5)16-7-6-9-8-10(11(13)14)15-17-9/h8,11H,6-7H2,1-5H3. The van der Waals surface area contributed by atoms with Gasteiger partial charge < -0.3 is 8.95 Å². The third-order valence-electron chi connectivity index (χ3n) is 3.42. The van der Waals surface area contributed by atoms with Gasteiger partial charge in [-0.2, -0.15) is 0 Å². The van der Waals surface area contributed by atoms with Gasteiger partial charge in [-0.25, -0.2) is 8.78 Å². The molecule has 18 heavy (non-hydrogen) atoms. The zero-order valence-corrected chi connectivity index (χ0v) is 12.6. The summed E-state index contributed by atoms with van der Waals surface area (Å²) in [6, 6.07) is 1.29. The number of halogens is 2. The largest absolute Gasteiger partial charge is 0.416 e. The van der Waals surface area contributed by atoms with E-state index in [-0.39, 0.29) is 10.7 Å². The highest BCUT2D eigenvalue weighted by molar-refractivity contribution is 6.74. The van der Waals surface area contributed by atoms with Gasteiger partial charge >= 0.3 is 0 Å². The van der Waals surface area contributed by atoms with Gasteiger partial charge in [0.25, 0.3) is 6.43 Å². The van der Waals surface area contributed by atoms with Gasteiger partial charge in [0.05, 0.1) is 0 Å². The summed E-state index contributed by atoms with van der Waals surface area (Å²) in [6.07, 6.45) is -2.10. The summed E-state index contributed by atoms with van der Waals surface area (Å²) < 4.78 is 35.4. The zero-order valence-electron chi connectivity index (χ0n) is 11.6. The molecule has 0 aliphatic rings. The molecule has 1 aromatic heterocycles. The molecule has 0 bridgehead atoms. The Morgan fingerprint density at radius 2 is 2.00 bits per heavy atom. The molecular weight excluding hydrogens is 256 g/mol. The molecule has 0 spiro atoms. The molecule has 0 saturated heterocycles. The van der Waals surface area contributed by atoms with Crippen LogP contribution in [0.15, 0.2) is 10.6 Å². The van der Waals surface area contributed by atoms with E-state index < -0.39 is 14.7 Å². The predicted octanol–water partition coefficient (Wildman–Crippen LogP) is 4.18. The first-order valence-corrected chi connectivity index (χ1v) is 8.92. The van der Waals surface area contributed by atoms with Gasteiger partial charge in [0.1, 0.15) is 11.5 Å². The number of alkyl halides is 2. The molecule has 1 heterocycles. The van der Waals surface area contributed by atoms with Crippen molar-refractivity contribution < 1.29 is 17.7 Å². The molecule has 104 valence electrons. The van der Waals surface area contributed by atoms with E-state index in [0.717, 1.165) is 0 Å². The molecule has 0 aliphatic carbocycles. The number of aromatic nitrogens is 1. The second-order valence-electron chi connectivity index (χ2n) is 5.88. The first kappa shape index (κ1) is 15.3. The second kappa shape index (κ2) is 5.48. The molecule has 0 atom stereocenters. The van der Waals surface area contributed by atoms with E-state index >= 15 is 0 Å². The summed E-state index contributed by atoms with van der Waals surface area (Å²) in [5.74, 6) is 0.448. The Morgan fingerprint density at radius 1 is 1.39 bits per heavy atom. The highest BCUT2D eigenvalue weighted by Crippen LogP contribution is 2.36. The molecule has 1 rings (SSSR count). The lowest BCUT2D eigenvalue weighted by molar-refractivity contribution is 0.140. The third-order valence-corrected chi connectivity index (χ3v) is 7.96. The normalized spacial score (nSPS) is 13.3. The van der Waals surface area contributed by atoms with Crippen LogP contribution in [0.3, 0.4) is 0 Å². The fourth-order valence-electron chi connectivity index (χ4n) is 1.17. The SMILES string of the molecule is CC(C)(C)[Si](C)(C)OCCc1cc(C(F)F)no1. The molecule has 0 fully saturated rings. The molecule has 0 saturated carbocycles. The van der Waals surface area contributed by atoms with Crippen LogP contribution in [0, 0.1) is 0 Å².